The second-order valence-electron chi connectivity index (χ2n) is 4.13. The van der Waals surface area contributed by atoms with Gasteiger partial charge in [0.15, 0.2) is 0 Å². The van der Waals surface area contributed by atoms with Crippen LogP contribution in [0.4, 0.5) is 11.4 Å². The number of nitrogens with zero attached hydrogens (tertiary/aromatic N) is 1. The minimum Gasteiger partial charge on any atom is -0.497 e. The van der Waals surface area contributed by atoms with E-state index < -0.39 is 0 Å². The van der Waals surface area contributed by atoms with Crippen molar-refractivity contribution in [2.45, 2.75) is 6.42 Å². The zero-order chi connectivity index (χ0) is 13.5. The molecule has 0 saturated heterocycles. The Kier molecular flexibility index (Phi) is 4.50. The van der Waals surface area contributed by atoms with E-state index in [9.17, 15) is 4.91 Å². The zero-order valence-electron chi connectivity index (χ0n) is 10.8. The van der Waals surface area contributed by atoms with E-state index in [1.54, 1.807) is 13.2 Å². The maximum Gasteiger partial charge on any atom is 0.119 e. The van der Waals surface area contributed by atoms with E-state index in [1.165, 1.54) is 0 Å². The highest BCUT2D eigenvalue weighted by molar-refractivity contribution is 5.48. The van der Waals surface area contributed by atoms with Crippen LogP contribution < -0.4 is 10.1 Å². The van der Waals surface area contributed by atoms with Crippen LogP contribution in [0.3, 0.4) is 0 Å². The number of anilines is 1. The predicted molar refractivity (Wildman–Crippen MR) is 77.1 cm³/mol. The Morgan fingerprint density at radius 3 is 2.53 bits per heavy atom. The van der Waals surface area contributed by atoms with Crippen molar-refractivity contribution >= 4 is 11.4 Å². The fourth-order valence-electron chi connectivity index (χ4n) is 1.86. The molecular formula is C15H16N2O2. The number of hydrogen-bond donors (Lipinski definition) is 1. The summed E-state index contributed by atoms with van der Waals surface area (Å²) in [4.78, 5) is 10.6. The highest BCUT2D eigenvalue weighted by Crippen LogP contribution is 2.19. The van der Waals surface area contributed by atoms with Crippen molar-refractivity contribution in [1.29, 1.82) is 0 Å². The van der Waals surface area contributed by atoms with Gasteiger partial charge in [0.1, 0.15) is 11.4 Å². The Labute approximate surface area is 112 Å². The van der Waals surface area contributed by atoms with Crippen molar-refractivity contribution in [1.82, 2.24) is 0 Å². The monoisotopic (exact) mass is 256 g/mol. The van der Waals surface area contributed by atoms with Gasteiger partial charge in [-0.3, -0.25) is 0 Å². The number of hydrogen-bond acceptors (Lipinski definition) is 4. The molecule has 2 aromatic rings. The van der Waals surface area contributed by atoms with E-state index in [2.05, 4.69) is 10.5 Å². The number of benzene rings is 2. The number of methoxy groups -OCH3 is 1. The van der Waals surface area contributed by atoms with Crippen LogP contribution in [-0.2, 0) is 6.42 Å². The molecule has 0 aliphatic carbocycles. The van der Waals surface area contributed by atoms with Crippen LogP contribution in [0.25, 0.3) is 0 Å². The molecule has 0 aromatic heterocycles. The van der Waals surface area contributed by atoms with Gasteiger partial charge in [-0.1, -0.05) is 18.2 Å². The second-order valence-corrected chi connectivity index (χ2v) is 4.13. The molecule has 0 amide bonds. The van der Waals surface area contributed by atoms with Crippen LogP contribution in [0.2, 0.25) is 0 Å². The van der Waals surface area contributed by atoms with Gasteiger partial charge in [-0.25, -0.2) is 0 Å². The second kappa shape index (κ2) is 6.54. The van der Waals surface area contributed by atoms with E-state index in [4.69, 9.17) is 4.74 Å². The Morgan fingerprint density at radius 1 is 1.11 bits per heavy atom. The van der Waals surface area contributed by atoms with Gasteiger partial charge >= 0.3 is 0 Å². The molecule has 2 rings (SSSR count). The molecule has 2 aromatic carbocycles. The molecule has 0 saturated carbocycles. The summed E-state index contributed by atoms with van der Waals surface area (Å²) in [5, 5.41) is 6.32. The Bertz CT molecular complexity index is 538. The van der Waals surface area contributed by atoms with Crippen molar-refractivity contribution < 1.29 is 4.74 Å². The van der Waals surface area contributed by atoms with Crippen molar-refractivity contribution in [3.8, 4) is 5.75 Å². The third kappa shape index (κ3) is 3.55. The van der Waals surface area contributed by atoms with Crippen LogP contribution in [0.1, 0.15) is 5.56 Å². The molecule has 0 bridgehead atoms. The summed E-state index contributed by atoms with van der Waals surface area (Å²) in [6.07, 6.45) is 0.758. The standard InChI is InChI=1S/C15H16N2O2/c1-19-14-8-6-13(7-9-14)16-11-10-12-4-2-3-5-15(12)17-18/h2-9,16H,10-11H2,1H3. The molecule has 98 valence electrons. The van der Waals surface area contributed by atoms with Crippen molar-refractivity contribution in [2.75, 3.05) is 19.0 Å². The maximum absolute atomic E-state index is 10.6. The molecule has 4 heteroatoms. The summed E-state index contributed by atoms with van der Waals surface area (Å²) >= 11 is 0. The minimum absolute atomic E-state index is 0.513. The van der Waals surface area contributed by atoms with Gasteiger partial charge in [-0.15, -0.1) is 4.91 Å². The number of rotatable bonds is 6. The number of nitroso groups, excluding NO2 is 1. The van der Waals surface area contributed by atoms with Crippen LogP contribution in [0, 0.1) is 4.91 Å². The SMILES string of the molecule is COc1ccc(NCCc2ccccc2N=O)cc1. The molecule has 4 nitrogen and oxygen atoms in total. The molecule has 0 unspecified atom stereocenters. The van der Waals surface area contributed by atoms with Gasteiger partial charge in [-0.05, 0) is 47.5 Å². The maximum atomic E-state index is 10.6. The molecular weight excluding hydrogens is 240 g/mol. The van der Waals surface area contributed by atoms with E-state index in [0.29, 0.717) is 5.69 Å². The summed E-state index contributed by atoms with van der Waals surface area (Å²) in [6.45, 7) is 0.749. The molecule has 0 heterocycles. The summed E-state index contributed by atoms with van der Waals surface area (Å²) in [7, 11) is 1.64. The normalized spacial score (nSPS) is 9.95. The van der Waals surface area contributed by atoms with Gasteiger partial charge < -0.3 is 10.1 Å². The zero-order valence-corrected chi connectivity index (χ0v) is 10.8. The fourth-order valence-corrected chi connectivity index (χ4v) is 1.86. The van der Waals surface area contributed by atoms with E-state index >= 15 is 0 Å². The number of ether oxygens (including phenoxy) is 1. The van der Waals surface area contributed by atoms with Crippen molar-refractivity contribution in [3.63, 3.8) is 0 Å². The first-order valence-electron chi connectivity index (χ1n) is 6.12. The van der Waals surface area contributed by atoms with Gasteiger partial charge in [0.05, 0.1) is 7.11 Å². The summed E-state index contributed by atoms with van der Waals surface area (Å²) in [5.74, 6) is 0.834. The summed E-state index contributed by atoms with van der Waals surface area (Å²) < 4.78 is 5.10. The highest BCUT2D eigenvalue weighted by atomic mass is 16.5. The molecule has 0 fully saturated rings. The first kappa shape index (κ1) is 13.1. The molecule has 0 atom stereocenters. The van der Waals surface area contributed by atoms with E-state index in [0.717, 1.165) is 30.0 Å². The lowest BCUT2D eigenvalue weighted by molar-refractivity contribution is 0.415. The molecule has 19 heavy (non-hydrogen) atoms. The molecule has 0 radical (unpaired) electrons. The first-order valence-corrected chi connectivity index (χ1v) is 6.12. The van der Waals surface area contributed by atoms with Crippen LogP contribution in [0.5, 0.6) is 5.75 Å². The Balaban J connectivity index is 1.90. The average Bonchev–Trinajstić information content (AvgIpc) is 2.48. The van der Waals surface area contributed by atoms with Crippen molar-refractivity contribution in [3.05, 3.63) is 59.0 Å². The van der Waals surface area contributed by atoms with Gasteiger partial charge in [0.25, 0.3) is 0 Å². The molecule has 1 N–H and O–H groups in total. The highest BCUT2D eigenvalue weighted by Gasteiger charge is 2.01. The average molecular weight is 256 g/mol. The summed E-state index contributed by atoms with van der Waals surface area (Å²) in [5.41, 5.74) is 2.50. The van der Waals surface area contributed by atoms with Gasteiger partial charge in [0, 0.05) is 12.2 Å². The lowest BCUT2D eigenvalue weighted by Gasteiger charge is -2.08. The minimum atomic E-state index is 0.513. The van der Waals surface area contributed by atoms with Gasteiger partial charge in [-0.2, -0.15) is 0 Å². The van der Waals surface area contributed by atoms with Crippen molar-refractivity contribution in [2.24, 2.45) is 5.18 Å². The topological polar surface area (TPSA) is 50.7 Å². The lowest BCUT2D eigenvalue weighted by atomic mass is 10.1. The smallest absolute Gasteiger partial charge is 0.119 e. The summed E-state index contributed by atoms with van der Waals surface area (Å²) in [6, 6.07) is 15.1. The van der Waals surface area contributed by atoms with Crippen LogP contribution in [0.15, 0.2) is 53.7 Å². The third-order valence-corrected chi connectivity index (χ3v) is 2.90. The fraction of sp³-hybridized carbons (Fsp3) is 0.200. The van der Waals surface area contributed by atoms with E-state index in [-0.39, 0.29) is 0 Å². The van der Waals surface area contributed by atoms with Crippen LogP contribution >= 0.6 is 0 Å². The lowest BCUT2D eigenvalue weighted by Crippen LogP contribution is -2.04. The first-order chi connectivity index (χ1) is 9.33. The number of nitrogens with one attached hydrogen (secondary N) is 1. The Morgan fingerprint density at radius 2 is 1.84 bits per heavy atom. The largest absolute Gasteiger partial charge is 0.497 e. The predicted octanol–water partition coefficient (Wildman–Crippen LogP) is 3.75. The molecule has 0 aliphatic rings. The Hall–Kier alpha value is -2.36. The third-order valence-electron chi connectivity index (χ3n) is 2.90. The van der Waals surface area contributed by atoms with Gasteiger partial charge in [0.2, 0.25) is 0 Å². The quantitative estimate of drug-likeness (QED) is 0.801. The molecule has 0 aliphatic heterocycles. The van der Waals surface area contributed by atoms with E-state index in [1.807, 2.05) is 42.5 Å². The molecule has 0 spiro atoms. The van der Waals surface area contributed by atoms with Crippen LogP contribution in [-0.4, -0.2) is 13.7 Å².